The molecule has 0 saturated carbocycles. The summed E-state index contributed by atoms with van der Waals surface area (Å²) in [6.07, 6.45) is 4.85. The molecule has 0 aliphatic heterocycles. The van der Waals surface area contributed by atoms with E-state index in [1.165, 1.54) is 24.5 Å². The number of halogens is 2. The van der Waals surface area contributed by atoms with Crippen molar-refractivity contribution < 1.29 is 13.2 Å². The van der Waals surface area contributed by atoms with Crippen LogP contribution >= 0.6 is 0 Å². The van der Waals surface area contributed by atoms with E-state index in [0.717, 1.165) is 5.56 Å². The number of hydrogen-bond acceptors (Lipinski definition) is 4. The van der Waals surface area contributed by atoms with Gasteiger partial charge in [0, 0.05) is 25.0 Å². The van der Waals surface area contributed by atoms with Gasteiger partial charge in [-0.25, -0.2) is 13.8 Å². The molecule has 0 saturated heterocycles. The van der Waals surface area contributed by atoms with Crippen LogP contribution in [0.4, 0.5) is 8.78 Å². The van der Waals surface area contributed by atoms with E-state index in [9.17, 15) is 8.78 Å². The van der Waals surface area contributed by atoms with Gasteiger partial charge in [0.15, 0.2) is 0 Å². The Kier molecular flexibility index (Phi) is 4.43. The molecule has 1 aromatic carbocycles. The Bertz CT molecular complexity index is 769. The fraction of sp³-hybridized carbons (Fsp3) is 0.176. The van der Waals surface area contributed by atoms with E-state index < -0.39 is 11.6 Å². The van der Waals surface area contributed by atoms with Gasteiger partial charge < -0.3 is 9.73 Å². The second kappa shape index (κ2) is 6.66. The summed E-state index contributed by atoms with van der Waals surface area (Å²) in [7, 11) is 0. The molecule has 2 aromatic heterocycles. The van der Waals surface area contributed by atoms with Crippen molar-refractivity contribution in [2.45, 2.75) is 19.5 Å². The van der Waals surface area contributed by atoms with Crippen molar-refractivity contribution in [1.29, 1.82) is 0 Å². The van der Waals surface area contributed by atoms with Gasteiger partial charge in [-0.05, 0) is 36.8 Å². The van der Waals surface area contributed by atoms with Crippen LogP contribution in [-0.4, -0.2) is 9.97 Å². The van der Waals surface area contributed by atoms with Crippen LogP contribution in [0.25, 0.3) is 11.5 Å². The Balaban J connectivity index is 1.71. The van der Waals surface area contributed by atoms with Crippen molar-refractivity contribution >= 4 is 0 Å². The van der Waals surface area contributed by atoms with Gasteiger partial charge in [-0.1, -0.05) is 6.07 Å². The smallest absolute Gasteiger partial charge is 0.232 e. The highest BCUT2D eigenvalue weighted by atomic mass is 19.1. The minimum atomic E-state index is -0.698. The molecular weight excluding hydrogens is 300 g/mol. The Morgan fingerprint density at radius 1 is 1.13 bits per heavy atom. The summed E-state index contributed by atoms with van der Waals surface area (Å²) in [5.41, 5.74) is 1.41. The maximum absolute atomic E-state index is 13.7. The fourth-order valence-corrected chi connectivity index (χ4v) is 2.23. The topological polar surface area (TPSA) is 51.0 Å². The molecule has 3 aromatic rings. The number of nitrogens with one attached hydrogen (secondary N) is 1. The lowest BCUT2D eigenvalue weighted by atomic mass is 10.1. The van der Waals surface area contributed by atoms with Crippen LogP contribution in [0.15, 0.2) is 53.4 Å². The van der Waals surface area contributed by atoms with Gasteiger partial charge in [-0.2, -0.15) is 0 Å². The lowest BCUT2D eigenvalue weighted by molar-refractivity contribution is 0.537. The first-order valence-electron chi connectivity index (χ1n) is 7.17. The lowest BCUT2D eigenvalue weighted by Crippen LogP contribution is -2.18. The summed E-state index contributed by atoms with van der Waals surface area (Å²) in [4.78, 5) is 8.12. The quantitative estimate of drug-likeness (QED) is 0.776. The number of benzene rings is 1. The number of aromatic nitrogens is 2. The zero-order valence-electron chi connectivity index (χ0n) is 12.5. The molecule has 4 nitrogen and oxygen atoms in total. The highest BCUT2D eigenvalue weighted by Crippen LogP contribution is 2.25. The van der Waals surface area contributed by atoms with Crippen molar-refractivity contribution in [2.24, 2.45) is 0 Å². The average Bonchev–Trinajstić information content (AvgIpc) is 3.02. The minimum absolute atomic E-state index is 0.0611. The summed E-state index contributed by atoms with van der Waals surface area (Å²) < 4.78 is 32.6. The first-order chi connectivity index (χ1) is 11.1. The van der Waals surface area contributed by atoms with E-state index >= 15 is 0 Å². The molecule has 1 atom stereocenters. The van der Waals surface area contributed by atoms with Gasteiger partial charge in [0.05, 0.1) is 5.69 Å². The van der Waals surface area contributed by atoms with Crippen LogP contribution in [0.5, 0.6) is 0 Å². The second-order valence-corrected chi connectivity index (χ2v) is 5.12. The number of oxazole rings is 1. The van der Waals surface area contributed by atoms with E-state index in [-0.39, 0.29) is 17.5 Å². The monoisotopic (exact) mass is 315 g/mol. The van der Waals surface area contributed by atoms with Crippen LogP contribution in [0.1, 0.15) is 24.2 Å². The Morgan fingerprint density at radius 2 is 1.83 bits per heavy atom. The van der Waals surface area contributed by atoms with Gasteiger partial charge in [0.2, 0.25) is 5.89 Å². The number of rotatable bonds is 5. The molecule has 0 amide bonds. The second-order valence-electron chi connectivity index (χ2n) is 5.12. The van der Waals surface area contributed by atoms with Gasteiger partial charge in [-0.15, -0.1) is 0 Å². The molecule has 0 spiro atoms. The normalized spacial score (nSPS) is 12.3. The largest absolute Gasteiger partial charge is 0.444 e. The average molecular weight is 315 g/mol. The molecule has 3 rings (SSSR count). The van der Waals surface area contributed by atoms with Gasteiger partial charge >= 0.3 is 0 Å². The van der Waals surface area contributed by atoms with E-state index in [4.69, 9.17) is 4.42 Å². The lowest BCUT2D eigenvalue weighted by Gasteiger charge is -2.12. The third kappa shape index (κ3) is 3.43. The third-order valence-electron chi connectivity index (χ3n) is 3.52. The van der Waals surface area contributed by atoms with Crippen molar-refractivity contribution in [3.05, 3.63) is 71.9 Å². The predicted molar refractivity (Wildman–Crippen MR) is 81.3 cm³/mol. The molecule has 0 bridgehead atoms. The first-order valence-corrected chi connectivity index (χ1v) is 7.17. The fourth-order valence-electron chi connectivity index (χ4n) is 2.23. The van der Waals surface area contributed by atoms with E-state index in [1.807, 2.05) is 19.1 Å². The zero-order valence-corrected chi connectivity index (χ0v) is 12.5. The minimum Gasteiger partial charge on any atom is -0.444 e. The zero-order chi connectivity index (χ0) is 16.2. The highest BCUT2D eigenvalue weighted by molar-refractivity contribution is 5.55. The van der Waals surface area contributed by atoms with Gasteiger partial charge in [0.1, 0.15) is 23.5 Å². The molecule has 0 aliphatic rings. The molecule has 2 heterocycles. The van der Waals surface area contributed by atoms with Crippen LogP contribution in [0.2, 0.25) is 0 Å². The first kappa shape index (κ1) is 15.3. The number of pyridine rings is 1. The SMILES string of the molecule is C[C@H](NCc1coc(-c2c(F)cccc2F)n1)c1ccncc1. The van der Waals surface area contributed by atoms with E-state index in [1.54, 1.807) is 12.4 Å². The maximum Gasteiger partial charge on any atom is 0.232 e. The number of hydrogen-bond donors (Lipinski definition) is 1. The molecule has 23 heavy (non-hydrogen) atoms. The van der Waals surface area contributed by atoms with Crippen LogP contribution < -0.4 is 5.32 Å². The van der Waals surface area contributed by atoms with Gasteiger partial charge in [0.25, 0.3) is 0 Å². The summed E-state index contributed by atoms with van der Waals surface area (Å²) in [5, 5.41) is 3.27. The highest BCUT2D eigenvalue weighted by Gasteiger charge is 2.16. The van der Waals surface area contributed by atoms with Crippen molar-refractivity contribution in [3.63, 3.8) is 0 Å². The molecule has 0 unspecified atom stereocenters. The molecule has 0 aliphatic carbocycles. The third-order valence-corrected chi connectivity index (χ3v) is 3.52. The van der Waals surface area contributed by atoms with Crippen LogP contribution in [0.3, 0.4) is 0 Å². The summed E-state index contributed by atoms with van der Waals surface area (Å²) >= 11 is 0. The molecule has 6 heteroatoms. The Hall–Kier alpha value is -2.60. The van der Waals surface area contributed by atoms with Crippen molar-refractivity contribution in [3.8, 4) is 11.5 Å². The molecular formula is C17H15F2N3O. The van der Waals surface area contributed by atoms with Crippen molar-refractivity contribution in [1.82, 2.24) is 15.3 Å². The van der Waals surface area contributed by atoms with E-state index in [0.29, 0.717) is 12.2 Å². The van der Waals surface area contributed by atoms with Gasteiger partial charge in [-0.3, -0.25) is 4.98 Å². The van der Waals surface area contributed by atoms with Crippen molar-refractivity contribution in [2.75, 3.05) is 0 Å². The summed E-state index contributed by atoms with van der Waals surface area (Å²) in [5.74, 6) is -1.46. The van der Waals surface area contributed by atoms with Crippen LogP contribution in [-0.2, 0) is 6.54 Å². The Labute approximate surface area is 132 Å². The van der Waals surface area contributed by atoms with Crippen LogP contribution in [0, 0.1) is 11.6 Å². The predicted octanol–water partition coefficient (Wildman–Crippen LogP) is 3.87. The standard InChI is InChI=1S/C17H15F2N3O/c1-11(12-5-7-20-8-6-12)21-9-13-10-23-17(22-13)16-14(18)3-2-4-15(16)19/h2-8,10-11,21H,9H2,1H3/t11-/m0/s1. The summed E-state index contributed by atoms with van der Waals surface area (Å²) in [6, 6.07) is 7.57. The summed E-state index contributed by atoms with van der Waals surface area (Å²) in [6.45, 7) is 2.43. The number of nitrogens with zero attached hydrogens (tertiary/aromatic N) is 2. The van der Waals surface area contributed by atoms with E-state index in [2.05, 4.69) is 15.3 Å². The molecule has 0 fully saturated rings. The Morgan fingerprint density at radius 3 is 2.52 bits per heavy atom. The maximum atomic E-state index is 13.7. The molecule has 1 N–H and O–H groups in total. The molecule has 0 radical (unpaired) electrons. The molecule has 118 valence electrons.